The van der Waals surface area contributed by atoms with Crippen LogP contribution in [-0.4, -0.2) is 5.60 Å². The molecule has 3 rings (SSSR count). The van der Waals surface area contributed by atoms with Gasteiger partial charge in [-0.25, -0.2) is 0 Å². The smallest absolute Gasteiger partial charge is 0.128 e. The molecule has 1 aromatic carbocycles. The molecule has 1 aliphatic heterocycles. The quantitative estimate of drug-likeness (QED) is 0.638. The molecule has 0 N–H and O–H groups in total. The molecule has 1 aromatic rings. The van der Waals surface area contributed by atoms with Crippen LogP contribution in [0.15, 0.2) is 29.8 Å². The Balaban J connectivity index is 2.18. The van der Waals surface area contributed by atoms with Crippen molar-refractivity contribution in [3.8, 4) is 5.75 Å². The van der Waals surface area contributed by atoms with Crippen LogP contribution in [0.1, 0.15) is 45.6 Å². The Morgan fingerprint density at radius 1 is 1.24 bits per heavy atom. The third-order valence-corrected chi connectivity index (χ3v) is 4.11. The molecule has 1 atom stereocenters. The van der Waals surface area contributed by atoms with Crippen molar-refractivity contribution in [1.82, 2.24) is 0 Å². The van der Waals surface area contributed by atoms with Gasteiger partial charge in [-0.3, -0.25) is 0 Å². The lowest BCUT2D eigenvalue weighted by Gasteiger charge is -2.40. The van der Waals surface area contributed by atoms with Gasteiger partial charge in [-0.1, -0.05) is 25.1 Å². The molecule has 0 aromatic heterocycles. The molecule has 90 valence electrons. The van der Waals surface area contributed by atoms with E-state index in [9.17, 15) is 0 Å². The first-order valence-electron chi connectivity index (χ1n) is 6.59. The van der Waals surface area contributed by atoms with Crippen LogP contribution < -0.4 is 4.74 Å². The van der Waals surface area contributed by atoms with Crippen LogP contribution in [-0.2, 0) is 0 Å². The summed E-state index contributed by atoms with van der Waals surface area (Å²) in [7, 11) is 0. The average molecular weight is 228 g/mol. The number of benzene rings is 1. The highest BCUT2D eigenvalue weighted by molar-refractivity contribution is 5.77. The van der Waals surface area contributed by atoms with E-state index >= 15 is 0 Å². The maximum Gasteiger partial charge on any atom is 0.128 e. The van der Waals surface area contributed by atoms with Gasteiger partial charge in [0.1, 0.15) is 11.4 Å². The highest BCUT2D eigenvalue weighted by Gasteiger charge is 2.36. The molecule has 1 aliphatic carbocycles. The molecule has 0 amide bonds. The van der Waals surface area contributed by atoms with Crippen LogP contribution >= 0.6 is 0 Å². The Labute approximate surface area is 103 Å². The molecule has 0 saturated heterocycles. The number of hydrogen-bond donors (Lipinski definition) is 0. The van der Waals surface area contributed by atoms with Crippen molar-refractivity contribution >= 4 is 5.57 Å². The third-order valence-electron chi connectivity index (χ3n) is 4.11. The Morgan fingerprint density at radius 3 is 2.82 bits per heavy atom. The summed E-state index contributed by atoms with van der Waals surface area (Å²) in [6, 6.07) is 8.48. The van der Waals surface area contributed by atoms with Crippen molar-refractivity contribution in [3.05, 3.63) is 35.4 Å². The molecule has 17 heavy (non-hydrogen) atoms. The first-order valence-corrected chi connectivity index (χ1v) is 6.59. The predicted octanol–water partition coefficient (Wildman–Crippen LogP) is 4.43. The molecule has 1 unspecified atom stereocenters. The molecular weight excluding hydrogens is 208 g/mol. The highest BCUT2D eigenvalue weighted by atomic mass is 16.5. The zero-order valence-electron chi connectivity index (χ0n) is 10.9. The second-order valence-corrected chi connectivity index (χ2v) is 5.91. The molecule has 0 bridgehead atoms. The largest absolute Gasteiger partial charge is 0.483 e. The molecule has 2 aliphatic rings. The summed E-state index contributed by atoms with van der Waals surface area (Å²) >= 11 is 0. The van der Waals surface area contributed by atoms with E-state index in [0.717, 1.165) is 11.7 Å². The second-order valence-electron chi connectivity index (χ2n) is 5.91. The number of rotatable bonds is 0. The van der Waals surface area contributed by atoms with Crippen LogP contribution in [0.4, 0.5) is 0 Å². The van der Waals surface area contributed by atoms with Gasteiger partial charge in [0.2, 0.25) is 0 Å². The Bertz CT molecular complexity index is 482. The fourth-order valence-electron chi connectivity index (χ4n) is 3.19. The van der Waals surface area contributed by atoms with Crippen LogP contribution in [0.2, 0.25) is 0 Å². The topological polar surface area (TPSA) is 9.23 Å². The van der Waals surface area contributed by atoms with Crippen molar-refractivity contribution in [2.45, 2.75) is 45.6 Å². The van der Waals surface area contributed by atoms with E-state index in [4.69, 9.17) is 4.74 Å². The zero-order valence-corrected chi connectivity index (χ0v) is 10.9. The lowest BCUT2D eigenvalue weighted by Crippen LogP contribution is -2.36. The van der Waals surface area contributed by atoms with E-state index < -0.39 is 0 Å². The van der Waals surface area contributed by atoms with Gasteiger partial charge in [0.15, 0.2) is 0 Å². The molecule has 0 fully saturated rings. The van der Waals surface area contributed by atoms with Crippen LogP contribution in [0.25, 0.3) is 5.57 Å². The SMILES string of the molecule is CC1CCC2=C(C1)c1ccccc1OC2(C)C. The number of fused-ring (bicyclic) bond motifs is 2. The molecule has 1 heterocycles. The summed E-state index contributed by atoms with van der Waals surface area (Å²) in [5.41, 5.74) is 4.28. The molecular formula is C16H20O. The van der Waals surface area contributed by atoms with Crippen molar-refractivity contribution in [2.24, 2.45) is 5.92 Å². The van der Waals surface area contributed by atoms with Gasteiger partial charge in [0, 0.05) is 5.56 Å². The van der Waals surface area contributed by atoms with Gasteiger partial charge in [-0.05, 0) is 56.2 Å². The Kier molecular flexibility index (Phi) is 2.32. The maximum atomic E-state index is 6.17. The summed E-state index contributed by atoms with van der Waals surface area (Å²) in [4.78, 5) is 0. The molecule has 1 heteroatoms. The monoisotopic (exact) mass is 228 g/mol. The van der Waals surface area contributed by atoms with E-state index in [0.29, 0.717) is 0 Å². The lowest BCUT2D eigenvalue weighted by molar-refractivity contribution is 0.136. The number of ether oxygens (including phenoxy) is 1. The van der Waals surface area contributed by atoms with Crippen molar-refractivity contribution in [1.29, 1.82) is 0 Å². The van der Waals surface area contributed by atoms with Gasteiger partial charge >= 0.3 is 0 Å². The van der Waals surface area contributed by atoms with Gasteiger partial charge in [-0.15, -0.1) is 0 Å². The van der Waals surface area contributed by atoms with Gasteiger partial charge in [0.05, 0.1) is 0 Å². The van der Waals surface area contributed by atoms with Crippen LogP contribution in [0.3, 0.4) is 0 Å². The number of allylic oxidation sites excluding steroid dienone is 1. The fraction of sp³-hybridized carbons (Fsp3) is 0.500. The first-order chi connectivity index (χ1) is 8.08. The third kappa shape index (κ3) is 1.69. The van der Waals surface area contributed by atoms with Crippen molar-refractivity contribution in [3.63, 3.8) is 0 Å². The summed E-state index contributed by atoms with van der Waals surface area (Å²) < 4.78 is 6.17. The van der Waals surface area contributed by atoms with Gasteiger partial charge in [0.25, 0.3) is 0 Å². The minimum absolute atomic E-state index is 0.121. The highest BCUT2D eigenvalue weighted by Crippen LogP contribution is 2.47. The van der Waals surface area contributed by atoms with E-state index in [1.54, 1.807) is 5.57 Å². The van der Waals surface area contributed by atoms with E-state index in [1.165, 1.54) is 30.4 Å². The van der Waals surface area contributed by atoms with Crippen molar-refractivity contribution in [2.75, 3.05) is 0 Å². The zero-order chi connectivity index (χ0) is 12.0. The lowest BCUT2D eigenvalue weighted by atomic mass is 9.75. The van der Waals surface area contributed by atoms with Crippen LogP contribution in [0, 0.1) is 5.92 Å². The van der Waals surface area contributed by atoms with Crippen LogP contribution in [0.5, 0.6) is 5.75 Å². The number of hydrogen-bond acceptors (Lipinski definition) is 1. The standard InChI is InChI=1S/C16H20O/c1-11-8-9-14-13(10-11)12-6-4-5-7-15(12)17-16(14,2)3/h4-7,11H,8-10H2,1-3H3. The second kappa shape index (κ2) is 3.63. The summed E-state index contributed by atoms with van der Waals surface area (Å²) in [6.45, 7) is 6.76. The molecule has 0 spiro atoms. The molecule has 0 saturated carbocycles. The predicted molar refractivity (Wildman–Crippen MR) is 71.1 cm³/mol. The number of para-hydroxylation sites is 1. The fourth-order valence-corrected chi connectivity index (χ4v) is 3.19. The van der Waals surface area contributed by atoms with Crippen molar-refractivity contribution < 1.29 is 4.74 Å². The first kappa shape index (κ1) is 10.9. The maximum absolute atomic E-state index is 6.17. The van der Waals surface area contributed by atoms with E-state index in [2.05, 4.69) is 45.0 Å². The summed E-state index contributed by atoms with van der Waals surface area (Å²) in [6.07, 6.45) is 3.70. The molecule has 0 radical (unpaired) electrons. The summed E-state index contributed by atoms with van der Waals surface area (Å²) in [5, 5.41) is 0. The minimum Gasteiger partial charge on any atom is -0.483 e. The Morgan fingerprint density at radius 2 is 2.00 bits per heavy atom. The van der Waals surface area contributed by atoms with E-state index in [-0.39, 0.29) is 5.60 Å². The minimum atomic E-state index is -0.121. The Hall–Kier alpha value is -1.24. The summed E-state index contributed by atoms with van der Waals surface area (Å²) in [5.74, 6) is 1.86. The normalized spacial score (nSPS) is 25.9. The van der Waals surface area contributed by atoms with Gasteiger partial charge < -0.3 is 4.74 Å². The van der Waals surface area contributed by atoms with E-state index in [1.807, 2.05) is 0 Å². The molecule has 1 nitrogen and oxygen atoms in total. The van der Waals surface area contributed by atoms with Gasteiger partial charge in [-0.2, -0.15) is 0 Å². The average Bonchev–Trinajstić information content (AvgIpc) is 2.28.